The van der Waals surface area contributed by atoms with Crippen molar-refractivity contribution in [2.24, 2.45) is 0 Å². The van der Waals surface area contributed by atoms with Crippen molar-refractivity contribution in [2.75, 3.05) is 5.73 Å². The first kappa shape index (κ1) is 14.4. The molecular formula is C13H22N4O. The Bertz CT molecular complexity index is 441. The Morgan fingerprint density at radius 3 is 2.61 bits per heavy atom. The maximum absolute atomic E-state index is 12.1. The van der Waals surface area contributed by atoms with E-state index in [0.29, 0.717) is 11.5 Å². The second-order valence-electron chi connectivity index (χ2n) is 5.38. The topological polar surface area (TPSA) is 80.9 Å². The molecule has 0 radical (unpaired) electrons. The molecule has 0 aliphatic carbocycles. The average Bonchev–Trinajstić information content (AvgIpc) is 2.28. The average molecular weight is 250 g/mol. The van der Waals surface area contributed by atoms with Crippen LogP contribution in [0.5, 0.6) is 0 Å². The van der Waals surface area contributed by atoms with E-state index in [1.54, 1.807) is 0 Å². The van der Waals surface area contributed by atoms with Crippen LogP contribution < -0.4 is 11.1 Å². The number of carbonyl (C=O) groups excluding carboxylic acids is 1. The number of nitrogens with one attached hydrogen (secondary N) is 1. The summed E-state index contributed by atoms with van der Waals surface area (Å²) in [5, 5.41) is 2.92. The molecule has 0 fully saturated rings. The smallest absolute Gasteiger partial charge is 0.272 e. The van der Waals surface area contributed by atoms with E-state index in [9.17, 15) is 4.79 Å². The van der Waals surface area contributed by atoms with Crippen LogP contribution in [0.1, 0.15) is 63.3 Å². The number of hydrogen-bond donors (Lipinski definition) is 2. The number of aromatic nitrogens is 2. The van der Waals surface area contributed by atoms with E-state index in [0.717, 1.165) is 6.42 Å². The van der Waals surface area contributed by atoms with Gasteiger partial charge in [-0.05, 0) is 20.3 Å². The Labute approximate surface area is 108 Å². The quantitative estimate of drug-likeness (QED) is 0.857. The summed E-state index contributed by atoms with van der Waals surface area (Å²) in [7, 11) is 0. The minimum Gasteiger partial charge on any atom is -0.396 e. The molecule has 1 aromatic rings. The van der Waals surface area contributed by atoms with Gasteiger partial charge < -0.3 is 11.1 Å². The molecule has 0 saturated carbocycles. The summed E-state index contributed by atoms with van der Waals surface area (Å²) in [6.45, 7) is 9.90. The third-order valence-electron chi connectivity index (χ3n) is 2.90. The summed E-state index contributed by atoms with van der Waals surface area (Å²) < 4.78 is 0. The van der Waals surface area contributed by atoms with Gasteiger partial charge in [0.15, 0.2) is 5.69 Å². The van der Waals surface area contributed by atoms with Gasteiger partial charge in [-0.1, -0.05) is 20.8 Å². The number of rotatable bonds is 4. The fraction of sp³-hybridized carbons (Fsp3) is 0.615. The third kappa shape index (κ3) is 3.42. The standard InChI is InChI=1S/C13H22N4O/c1-6-13(4,5)17-12(18)10-9(14)7-15-11(16-10)8(2)3/h7-8H,6,14H2,1-5H3,(H,17,18). The van der Waals surface area contributed by atoms with Crippen molar-refractivity contribution in [1.82, 2.24) is 15.3 Å². The van der Waals surface area contributed by atoms with Crippen LogP contribution in [0.3, 0.4) is 0 Å². The summed E-state index contributed by atoms with van der Waals surface area (Å²) in [5.74, 6) is 0.545. The van der Waals surface area contributed by atoms with Crippen molar-refractivity contribution >= 4 is 11.6 Å². The van der Waals surface area contributed by atoms with Crippen molar-refractivity contribution in [3.05, 3.63) is 17.7 Å². The molecule has 1 amide bonds. The van der Waals surface area contributed by atoms with Crippen molar-refractivity contribution in [3.63, 3.8) is 0 Å². The number of hydrogen-bond acceptors (Lipinski definition) is 4. The summed E-state index contributed by atoms with van der Waals surface area (Å²) in [6, 6.07) is 0. The lowest BCUT2D eigenvalue weighted by molar-refractivity contribution is 0.0906. The lowest BCUT2D eigenvalue weighted by atomic mass is 10.0. The Morgan fingerprint density at radius 1 is 1.50 bits per heavy atom. The molecular weight excluding hydrogens is 228 g/mol. The Kier molecular flexibility index (Phi) is 4.27. The third-order valence-corrected chi connectivity index (χ3v) is 2.90. The number of anilines is 1. The minimum absolute atomic E-state index is 0.163. The molecule has 5 heteroatoms. The molecule has 0 atom stereocenters. The van der Waals surface area contributed by atoms with Gasteiger partial charge in [0.25, 0.3) is 5.91 Å². The monoisotopic (exact) mass is 250 g/mol. The van der Waals surface area contributed by atoms with Gasteiger partial charge in [0.2, 0.25) is 0 Å². The predicted octanol–water partition coefficient (Wildman–Crippen LogP) is 2.10. The van der Waals surface area contributed by atoms with E-state index in [1.807, 2.05) is 34.6 Å². The first-order valence-corrected chi connectivity index (χ1v) is 6.21. The summed E-state index contributed by atoms with van der Waals surface area (Å²) in [5.41, 5.74) is 6.06. The van der Waals surface area contributed by atoms with Crippen LogP contribution in [0.4, 0.5) is 5.69 Å². The van der Waals surface area contributed by atoms with Crippen LogP contribution in [0.15, 0.2) is 6.20 Å². The van der Waals surface area contributed by atoms with Crippen LogP contribution in [-0.4, -0.2) is 21.4 Å². The molecule has 1 rings (SSSR count). The van der Waals surface area contributed by atoms with Crippen LogP contribution in [0.2, 0.25) is 0 Å². The lowest BCUT2D eigenvalue weighted by Gasteiger charge is -2.24. The number of nitrogen functional groups attached to an aromatic ring is 1. The fourth-order valence-electron chi connectivity index (χ4n) is 1.32. The fourth-order valence-corrected chi connectivity index (χ4v) is 1.32. The summed E-state index contributed by atoms with van der Waals surface area (Å²) >= 11 is 0. The summed E-state index contributed by atoms with van der Waals surface area (Å²) in [6.07, 6.45) is 2.33. The molecule has 18 heavy (non-hydrogen) atoms. The zero-order valence-corrected chi connectivity index (χ0v) is 11.7. The SMILES string of the molecule is CCC(C)(C)NC(=O)c1nc(C(C)C)ncc1N. The second-order valence-corrected chi connectivity index (χ2v) is 5.38. The predicted molar refractivity (Wildman–Crippen MR) is 72.4 cm³/mol. The number of carbonyl (C=O) groups is 1. The molecule has 0 aromatic carbocycles. The van der Waals surface area contributed by atoms with Crippen molar-refractivity contribution < 1.29 is 4.79 Å². The molecule has 100 valence electrons. The Morgan fingerprint density at radius 2 is 2.11 bits per heavy atom. The van der Waals surface area contributed by atoms with Gasteiger partial charge >= 0.3 is 0 Å². The molecule has 0 saturated heterocycles. The number of nitrogens with zero attached hydrogens (tertiary/aromatic N) is 2. The van der Waals surface area contributed by atoms with Gasteiger partial charge in [-0.15, -0.1) is 0 Å². The van der Waals surface area contributed by atoms with Crippen LogP contribution >= 0.6 is 0 Å². The van der Waals surface area contributed by atoms with E-state index in [-0.39, 0.29) is 23.1 Å². The van der Waals surface area contributed by atoms with Crippen LogP contribution in [-0.2, 0) is 0 Å². The van der Waals surface area contributed by atoms with Crippen LogP contribution in [0.25, 0.3) is 0 Å². The molecule has 0 aliphatic rings. The highest BCUT2D eigenvalue weighted by Gasteiger charge is 2.22. The maximum atomic E-state index is 12.1. The molecule has 3 N–H and O–H groups in total. The van der Waals surface area contributed by atoms with Gasteiger partial charge in [0.05, 0.1) is 11.9 Å². The van der Waals surface area contributed by atoms with Crippen molar-refractivity contribution in [3.8, 4) is 0 Å². The highest BCUT2D eigenvalue weighted by Crippen LogP contribution is 2.15. The first-order chi connectivity index (χ1) is 8.26. The first-order valence-electron chi connectivity index (χ1n) is 6.21. The van der Waals surface area contributed by atoms with Gasteiger partial charge in [-0.25, -0.2) is 9.97 Å². The number of nitrogens with two attached hydrogens (primary N) is 1. The highest BCUT2D eigenvalue weighted by molar-refractivity contribution is 5.97. The zero-order valence-electron chi connectivity index (χ0n) is 11.7. The largest absolute Gasteiger partial charge is 0.396 e. The molecule has 0 spiro atoms. The molecule has 5 nitrogen and oxygen atoms in total. The Hall–Kier alpha value is -1.65. The van der Waals surface area contributed by atoms with Gasteiger partial charge in [-0.2, -0.15) is 0 Å². The highest BCUT2D eigenvalue weighted by atomic mass is 16.2. The second kappa shape index (κ2) is 5.33. The lowest BCUT2D eigenvalue weighted by Crippen LogP contribution is -2.43. The summed E-state index contributed by atoms with van der Waals surface area (Å²) in [4.78, 5) is 20.5. The van der Waals surface area contributed by atoms with Crippen molar-refractivity contribution in [2.45, 2.75) is 52.5 Å². The maximum Gasteiger partial charge on any atom is 0.272 e. The zero-order chi connectivity index (χ0) is 13.9. The molecule has 1 heterocycles. The molecule has 0 aliphatic heterocycles. The van der Waals surface area contributed by atoms with E-state index in [4.69, 9.17) is 5.73 Å². The van der Waals surface area contributed by atoms with E-state index < -0.39 is 0 Å². The minimum atomic E-state index is -0.271. The van der Waals surface area contributed by atoms with E-state index in [1.165, 1.54) is 6.20 Å². The normalized spacial score (nSPS) is 11.7. The number of amides is 1. The van der Waals surface area contributed by atoms with E-state index >= 15 is 0 Å². The van der Waals surface area contributed by atoms with Gasteiger partial charge in [-0.3, -0.25) is 4.79 Å². The van der Waals surface area contributed by atoms with Gasteiger partial charge in [0, 0.05) is 11.5 Å². The van der Waals surface area contributed by atoms with Crippen LogP contribution in [0, 0.1) is 0 Å². The molecule has 0 unspecified atom stereocenters. The molecule has 0 bridgehead atoms. The van der Waals surface area contributed by atoms with Crippen molar-refractivity contribution in [1.29, 1.82) is 0 Å². The van der Waals surface area contributed by atoms with Gasteiger partial charge in [0.1, 0.15) is 5.82 Å². The molecule has 1 aromatic heterocycles. The van der Waals surface area contributed by atoms with E-state index in [2.05, 4.69) is 15.3 Å². The Balaban J connectivity index is 3.02.